The van der Waals surface area contributed by atoms with Crippen LogP contribution in [0.25, 0.3) is 11.1 Å². The number of amides is 2. The Labute approximate surface area is 139 Å². The summed E-state index contributed by atoms with van der Waals surface area (Å²) in [5.41, 5.74) is 3.71. The van der Waals surface area contributed by atoms with Gasteiger partial charge in [-0.15, -0.1) is 0 Å². The SMILES string of the molecule is CC(C)(C)C(=O)N[C@@H](C(=O)NO)c1ccc(-c2ccsc2)cc1. The Balaban J connectivity index is 2.25. The van der Waals surface area contributed by atoms with E-state index in [1.54, 1.807) is 49.7 Å². The molecule has 0 unspecified atom stereocenters. The van der Waals surface area contributed by atoms with Crippen LogP contribution >= 0.6 is 11.3 Å². The average molecular weight is 332 g/mol. The van der Waals surface area contributed by atoms with Crippen molar-refractivity contribution in [3.63, 3.8) is 0 Å². The lowest BCUT2D eigenvalue weighted by Gasteiger charge is -2.23. The van der Waals surface area contributed by atoms with Crippen LogP contribution in [0.1, 0.15) is 32.4 Å². The first-order valence-corrected chi connectivity index (χ1v) is 8.14. The van der Waals surface area contributed by atoms with E-state index in [2.05, 4.69) is 5.32 Å². The number of rotatable bonds is 4. The lowest BCUT2D eigenvalue weighted by molar-refractivity contribution is -0.137. The molecule has 1 aromatic heterocycles. The molecule has 0 saturated heterocycles. The Morgan fingerprint density at radius 3 is 2.22 bits per heavy atom. The summed E-state index contributed by atoms with van der Waals surface area (Å²) in [5.74, 6) is -0.945. The molecule has 0 spiro atoms. The van der Waals surface area contributed by atoms with E-state index in [0.29, 0.717) is 5.56 Å². The Bertz CT molecular complexity index is 673. The third-order valence-electron chi connectivity index (χ3n) is 3.43. The average Bonchev–Trinajstić information content (AvgIpc) is 3.05. The molecule has 3 N–H and O–H groups in total. The van der Waals surface area contributed by atoms with Crippen molar-refractivity contribution in [3.8, 4) is 11.1 Å². The monoisotopic (exact) mass is 332 g/mol. The molecule has 122 valence electrons. The number of hydrogen-bond acceptors (Lipinski definition) is 4. The van der Waals surface area contributed by atoms with Gasteiger partial charge in [-0.3, -0.25) is 14.8 Å². The van der Waals surface area contributed by atoms with Crippen LogP contribution in [0.5, 0.6) is 0 Å². The van der Waals surface area contributed by atoms with Crippen molar-refractivity contribution >= 4 is 23.2 Å². The predicted molar refractivity (Wildman–Crippen MR) is 90.0 cm³/mol. The number of carbonyl (C=O) groups is 2. The largest absolute Gasteiger partial charge is 0.340 e. The normalized spacial score (nSPS) is 12.5. The van der Waals surface area contributed by atoms with Gasteiger partial charge in [0.2, 0.25) is 5.91 Å². The molecule has 0 saturated carbocycles. The summed E-state index contributed by atoms with van der Waals surface area (Å²) in [5, 5.41) is 15.6. The predicted octanol–water partition coefficient (Wildman–Crippen LogP) is 3.12. The molecule has 23 heavy (non-hydrogen) atoms. The first-order valence-electron chi connectivity index (χ1n) is 7.20. The topological polar surface area (TPSA) is 78.4 Å². The van der Waals surface area contributed by atoms with E-state index < -0.39 is 17.4 Å². The van der Waals surface area contributed by atoms with Gasteiger partial charge in [0.05, 0.1) is 0 Å². The highest BCUT2D eigenvalue weighted by molar-refractivity contribution is 7.08. The van der Waals surface area contributed by atoms with Crippen molar-refractivity contribution < 1.29 is 14.8 Å². The smallest absolute Gasteiger partial charge is 0.270 e. The first kappa shape index (κ1) is 17.2. The van der Waals surface area contributed by atoms with E-state index in [4.69, 9.17) is 5.21 Å². The van der Waals surface area contributed by atoms with Crippen molar-refractivity contribution in [2.24, 2.45) is 5.41 Å². The maximum absolute atomic E-state index is 12.2. The summed E-state index contributed by atoms with van der Waals surface area (Å²) < 4.78 is 0. The fraction of sp³-hybridized carbons (Fsp3) is 0.294. The van der Waals surface area contributed by atoms with Gasteiger partial charge in [-0.05, 0) is 33.5 Å². The second kappa shape index (κ2) is 6.93. The quantitative estimate of drug-likeness (QED) is 0.594. The summed E-state index contributed by atoms with van der Waals surface area (Å²) in [7, 11) is 0. The van der Waals surface area contributed by atoms with E-state index >= 15 is 0 Å². The minimum absolute atomic E-state index is 0.270. The van der Waals surface area contributed by atoms with Crippen LogP contribution in [0.3, 0.4) is 0 Å². The van der Waals surface area contributed by atoms with Gasteiger partial charge in [-0.25, -0.2) is 5.48 Å². The van der Waals surface area contributed by atoms with Gasteiger partial charge in [-0.2, -0.15) is 11.3 Å². The maximum atomic E-state index is 12.2. The van der Waals surface area contributed by atoms with Crippen LogP contribution in [0.2, 0.25) is 0 Å². The molecule has 0 aliphatic rings. The molecule has 2 amide bonds. The second-order valence-corrected chi connectivity index (χ2v) is 7.05. The van der Waals surface area contributed by atoms with Crippen LogP contribution in [0.15, 0.2) is 41.1 Å². The first-order chi connectivity index (χ1) is 10.8. The third-order valence-corrected chi connectivity index (χ3v) is 4.11. The van der Waals surface area contributed by atoms with E-state index in [1.807, 2.05) is 29.0 Å². The second-order valence-electron chi connectivity index (χ2n) is 6.27. The summed E-state index contributed by atoms with van der Waals surface area (Å²) in [6.45, 7) is 5.28. The molecule has 0 bridgehead atoms. The maximum Gasteiger partial charge on any atom is 0.270 e. The molecule has 1 aromatic carbocycles. The van der Waals surface area contributed by atoms with Gasteiger partial charge in [0.1, 0.15) is 6.04 Å². The van der Waals surface area contributed by atoms with Crippen LogP contribution in [-0.4, -0.2) is 17.0 Å². The van der Waals surface area contributed by atoms with Crippen LogP contribution in [0.4, 0.5) is 0 Å². The summed E-state index contributed by atoms with van der Waals surface area (Å²) in [6, 6.07) is 8.39. The minimum Gasteiger partial charge on any atom is -0.340 e. The Kier molecular flexibility index (Phi) is 5.18. The number of benzene rings is 1. The highest BCUT2D eigenvalue weighted by Gasteiger charge is 2.28. The fourth-order valence-corrected chi connectivity index (χ4v) is 2.67. The third kappa shape index (κ3) is 4.18. The highest BCUT2D eigenvalue weighted by atomic mass is 32.1. The number of thiophene rings is 1. The molecule has 6 heteroatoms. The molecular weight excluding hydrogens is 312 g/mol. The zero-order chi connectivity index (χ0) is 17.0. The minimum atomic E-state index is -0.941. The van der Waals surface area contributed by atoms with Crippen LogP contribution in [-0.2, 0) is 9.59 Å². The van der Waals surface area contributed by atoms with Gasteiger partial charge >= 0.3 is 0 Å². The standard InChI is InChI=1S/C17H20N2O3S/c1-17(2,3)16(21)18-14(15(20)19-22)12-6-4-11(5-7-12)13-8-9-23-10-13/h4-10,14,22H,1-3H3,(H,18,21)(H,19,20)/t14-/m1/s1. The number of carbonyl (C=O) groups excluding carboxylic acids is 2. The van der Waals surface area contributed by atoms with Gasteiger partial charge < -0.3 is 5.32 Å². The zero-order valence-corrected chi connectivity index (χ0v) is 14.1. The Hall–Kier alpha value is -2.18. The molecule has 1 heterocycles. The van der Waals surface area contributed by atoms with Crippen molar-refractivity contribution in [3.05, 3.63) is 46.7 Å². The lowest BCUT2D eigenvalue weighted by atomic mass is 9.94. The molecule has 0 radical (unpaired) electrons. The summed E-state index contributed by atoms with van der Waals surface area (Å²) in [6.07, 6.45) is 0. The van der Waals surface area contributed by atoms with Crippen molar-refractivity contribution in [1.29, 1.82) is 0 Å². The Morgan fingerprint density at radius 2 is 1.74 bits per heavy atom. The van der Waals surface area contributed by atoms with Crippen molar-refractivity contribution in [2.75, 3.05) is 0 Å². The Morgan fingerprint density at radius 1 is 1.09 bits per heavy atom. The van der Waals surface area contributed by atoms with Crippen LogP contribution in [0, 0.1) is 5.41 Å². The molecule has 5 nitrogen and oxygen atoms in total. The molecule has 2 aromatic rings. The molecule has 1 atom stereocenters. The number of hydrogen-bond donors (Lipinski definition) is 3. The lowest BCUT2D eigenvalue weighted by Crippen LogP contribution is -2.43. The number of nitrogens with one attached hydrogen (secondary N) is 2. The van der Waals surface area contributed by atoms with Crippen molar-refractivity contribution in [1.82, 2.24) is 10.8 Å². The van der Waals surface area contributed by atoms with Gasteiger partial charge in [0.15, 0.2) is 0 Å². The summed E-state index contributed by atoms with van der Waals surface area (Å²) >= 11 is 1.61. The van der Waals surface area contributed by atoms with Gasteiger partial charge in [0, 0.05) is 5.41 Å². The molecule has 0 fully saturated rings. The van der Waals surface area contributed by atoms with E-state index in [1.165, 1.54) is 0 Å². The van der Waals surface area contributed by atoms with E-state index in [9.17, 15) is 9.59 Å². The van der Waals surface area contributed by atoms with Crippen molar-refractivity contribution in [2.45, 2.75) is 26.8 Å². The molecular formula is C17H20N2O3S. The number of hydroxylamine groups is 1. The van der Waals surface area contributed by atoms with Gasteiger partial charge in [0.25, 0.3) is 5.91 Å². The molecule has 0 aliphatic carbocycles. The van der Waals surface area contributed by atoms with E-state index in [-0.39, 0.29) is 5.91 Å². The molecule has 2 rings (SSSR count). The highest BCUT2D eigenvalue weighted by Crippen LogP contribution is 2.25. The summed E-state index contributed by atoms with van der Waals surface area (Å²) in [4.78, 5) is 24.1. The van der Waals surface area contributed by atoms with Gasteiger partial charge in [-0.1, -0.05) is 45.0 Å². The van der Waals surface area contributed by atoms with Crippen LogP contribution < -0.4 is 10.8 Å². The fourth-order valence-electron chi connectivity index (χ4n) is 2.01. The van der Waals surface area contributed by atoms with E-state index in [0.717, 1.165) is 11.1 Å². The molecule has 0 aliphatic heterocycles. The zero-order valence-electron chi connectivity index (χ0n) is 13.3.